The molecule has 21 heavy (non-hydrogen) atoms. The predicted molar refractivity (Wildman–Crippen MR) is 89.6 cm³/mol. The van der Waals surface area contributed by atoms with E-state index in [1.54, 1.807) is 6.92 Å². The second kappa shape index (κ2) is 12.0. The number of carbonyl (C=O) groups is 1. The van der Waals surface area contributed by atoms with Gasteiger partial charge in [-0.05, 0) is 39.0 Å². The molecule has 1 fully saturated rings. The average molecular weight is 294 g/mol. The maximum atomic E-state index is 10.8. The van der Waals surface area contributed by atoms with Crippen molar-refractivity contribution in [3.63, 3.8) is 0 Å². The Balaban J connectivity index is 1.83. The number of allylic oxidation sites excluding steroid dienone is 1. The first kappa shape index (κ1) is 18.4. The van der Waals surface area contributed by atoms with Crippen molar-refractivity contribution in [3.05, 3.63) is 12.2 Å². The van der Waals surface area contributed by atoms with Crippen LogP contribution < -0.4 is 0 Å². The molecule has 2 atom stereocenters. The average Bonchev–Trinajstić information content (AvgIpc) is 3.20. The van der Waals surface area contributed by atoms with Crippen molar-refractivity contribution in [2.45, 2.75) is 103 Å². The Kier molecular flexibility index (Phi) is 10.5. The lowest BCUT2D eigenvalue weighted by atomic mass is 10.1. The molecule has 2 nitrogen and oxygen atoms in total. The zero-order valence-corrected chi connectivity index (χ0v) is 14.1. The van der Waals surface area contributed by atoms with Crippen molar-refractivity contribution in [1.29, 1.82) is 0 Å². The first-order chi connectivity index (χ1) is 10.2. The van der Waals surface area contributed by atoms with E-state index in [0.29, 0.717) is 18.0 Å². The third kappa shape index (κ3) is 10.7. The number of ether oxygens (including phenoxy) is 1. The van der Waals surface area contributed by atoms with Crippen molar-refractivity contribution in [3.8, 4) is 0 Å². The number of hydrogen-bond acceptors (Lipinski definition) is 2. The molecule has 0 spiro atoms. The molecule has 0 amide bonds. The van der Waals surface area contributed by atoms with Crippen LogP contribution >= 0.6 is 0 Å². The molecule has 0 aromatic carbocycles. The molecule has 2 heteroatoms. The molecular weight excluding hydrogens is 260 g/mol. The molecule has 2 unspecified atom stereocenters. The van der Waals surface area contributed by atoms with Crippen LogP contribution in [-0.2, 0) is 9.53 Å². The van der Waals surface area contributed by atoms with Crippen LogP contribution in [0, 0.1) is 0 Å². The molecule has 0 bridgehead atoms. The van der Waals surface area contributed by atoms with Gasteiger partial charge < -0.3 is 9.53 Å². The largest absolute Gasteiger partial charge is 0.369 e. The summed E-state index contributed by atoms with van der Waals surface area (Å²) in [6.07, 6.45) is 20.1. The number of carbonyl (C=O) groups excluding carboxylic acids is 1. The number of ketones is 1. The first-order valence-corrected chi connectivity index (χ1v) is 9.04. The van der Waals surface area contributed by atoms with Crippen molar-refractivity contribution in [2.75, 3.05) is 0 Å². The van der Waals surface area contributed by atoms with Crippen LogP contribution in [0.3, 0.4) is 0 Å². The number of hydrogen-bond donors (Lipinski definition) is 0. The Morgan fingerprint density at radius 3 is 2.48 bits per heavy atom. The maximum absolute atomic E-state index is 10.8. The molecule has 1 rings (SSSR count). The highest BCUT2D eigenvalue weighted by Crippen LogP contribution is 2.30. The molecule has 0 aliphatic carbocycles. The van der Waals surface area contributed by atoms with Gasteiger partial charge in [-0.1, -0.05) is 57.6 Å². The fourth-order valence-corrected chi connectivity index (χ4v) is 2.75. The quantitative estimate of drug-likeness (QED) is 0.237. The summed E-state index contributed by atoms with van der Waals surface area (Å²) in [5, 5.41) is 0. The Bertz CT molecular complexity index is 296. The molecule has 1 heterocycles. The lowest BCUT2D eigenvalue weighted by Crippen LogP contribution is -1.93. The molecule has 0 N–H and O–H groups in total. The summed E-state index contributed by atoms with van der Waals surface area (Å²) in [4.78, 5) is 10.8. The van der Waals surface area contributed by atoms with Gasteiger partial charge >= 0.3 is 0 Å². The van der Waals surface area contributed by atoms with Crippen LogP contribution in [0.4, 0.5) is 0 Å². The minimum Gasteiger partial charge on any atom is -0.369 e. The third-order valence-electron chi connectivity index (χ3n) is 4.21. The Morgan fingerprint density at radius 2 is 1.71 bits per heavy atom. The smallest absolute Gasteiger partial charge is 0.129 e. The summed E-state index contributed by atoms with van der Waals surface area (Å²) >= 11 is 0. The van der Waals surface area contributed by atoms with Gasteiger partial charge in [0.05, 0.1) is 12.2 Å². The summed E-state index contributed by atoms with van der Waals surface area (Å²) < 4.78 is 5.71. The second-order valence-electron chi connectivity index (χ2n) is 6.42. The number of unbranched alkanes of at least 4 members (excludes halogenated alkanes) is 7. The van der Waals surface area contributed by atoms with Gasteiger partial charge in [0.2, 0.25) is 0 Å². The highest BCUT2D eigenvalue weighted by atomic mass is 16.6. The van der Waals surface area contributed by atoms with Gasteiger partial charge in [0.25, 0.3) is 0 Å². The van der Waals surface area contributed by atoms with Crippen molar-refractivity contribution >= 4 is 5.78 Å². The van der Waals surface area contributed by atoms with E-state index >= 15 is 0 Å². The summed E-state index contributed by atoms with van der Waals surface area (Å²) in [7, 11) is 0. The highest BCUT2D eigenvalue weighted by molar-refractivity contribution is 5.75. The maximum Gasteiger partial charge on any atom is 0.129 e. The summed E-state index contributed by atoms with van der Waals surface area (Å²) in [5.74, 6) is 0.326. The summed E-state index contributed by atoms with van der Waals surface area (Å²) in [6.45, 7) is 3.93. The van der Waals surface area contributed by atoms with E-state index < -0.39 is 0 Å². The molecule has 1 aliphatic heterocycles. The van der Waals surface area contributed by atoms with Gasteiger partial charge in [-0.15, -0.1) is 0 Å². The van der Waals surface area contributed by atoms with Gasteiger partial charge in [0.15, 0.2) is 0 Å². The van der Waals surface area contributed by atoms with E-state index in [0.717, 1.165) is 19.3 Å². The number of rotatable bonds is 14. The number of epoxide rings is 1. The Hall–Kier alpha value is -0.630. The fraction of sp³-hybridized carbons (Fsp3) is 0.842. The van der Waals surface area contributed by atoms with Crippen LogP contribution in [0.2, 0.25) is 0 Å². The minimum atomic E-state index is 0.326. The second-order valence-corrected chi connectivity index (χ2v) is 6.42. The van der Waals surface area contributed by atoms with Crippen LogP contribution in [0.15, 0.2) is 12.2 Å². The van der Waals surface area contributed by atoms with Crippen LogP contribution in [0.5, 0.6) is 0 Å². The van der Waals surface area contributed by atoms with E-state index in [-0.39, 0.29) is 0 Å². The van der Waals surface area contributed by atoms with Gasteiger partial charge in [-0.25, -0.2) is 0 Å². The molecule has 0 saturated carbocycles. The molecular formula is C19H34O2. The van der Waals surface area contributed by atoms with Crippen molar-refractivity contribution in [1.82, 2.24) is 0 Å². The molecule has 0 aromatic rings. The zero-order chi connectivity index (χ0) is 15.3. The van der Waals surface area contributed by atoms with E-state index in [4.69, 9.17) is 4.74 Å². The van der Waals surface area contributed by atoms with E-state index in [9.17, 15) is 4.79 Å². The minimum absolute atomic E-state index is 0.326. The standard InChI is InChI=1S/C19H34O2/c1-3-4-5-6-9-12-15-18-19(21-18)16-13-10-7-8-11-14-17(2)20/h9,12,18-19H,3-8,10-11,13-16H2,1-2H3/b12-9+. The van der Waals surface area contributed by atoms with E-state index in [2.05, 4.69) is 19.1 Å². The molecule has 0 aromatic heterocycles. The van der Waals surface area contributed by atoms with Crippen LogP contribution in [0.1, 0.15) is 90.9 Å². The Morgan fingerprint density at radius 1 is 0.952 bits per heavy atom. The molecule has 0 radical (unpaired) electrons. The molecule has 1 aliphatic rings. The van der Waals surface area contributed by atoms with Gasteiger partial charge in [-0.3, -0.25) is 0 Å². The third-order valence-corrected chi connectivity index (χ3v) is 4.21. The first-order valence-electron chi connectivity index (χ1n) is 9.04. The Labute approximate surface area is 131 Å². The monoisotopic (exact) mass is 294 g/mol. The summed E-state index contributed by atoms with van der Waals surface area (Å²) in [5.41, 5.74) is 0. The van der Waals surface area contributed by atoms with Gasteiger partial charge in [-0.2, -0.15) is 0 Å². The lowest BCUT2D eigenvalue weighted by Gasteiger charge is -1.99. The SMILES string of the molecule is CCCCC/C=C/CC1OC1CCCCCCCC(C)=O. The molecule has 1 saturated heterocycles. The summed E-state index contributed by atoms with van der Waals surface area (Å²) in [6, 6.07) is 0. The van der Waals surface area contributed by atoms with E-state index in [1.165, 1.54) is 57.8 Å². The normalized spacial score (nSPS) is 21.0. The van der Waals surface area contributed by atoms with Gasteiger partial charge in [0, 0.05) is 6.42 Å². The zero-order valence-electron chi connectivity index (χ0n) is 14.1. The van der Waals surface area contributed by atoms with E-state index in [1.807, 2.05) is 0 Å². The van der Waals surface area contributed by atoms with Crippen molar-refractivity contribution < 1.29 is 9.53 Å². The van der Waals surface area contributed by atoms with Crippen LogP contribution in [0.25, 0.3) is 0 Å². The van der Waals surface area contributed by atoms with Crippen LogP contribution in [-0.4, -0.2) is 18.0 Å². The predicted octanol–water partition coefficient (Wildman–Crippen LogP) is 5.60. The molecule has 122 valence electrons. The van der Waals surface area contributed by atoms with Gasteiger partial charge in [0.1, 0.15) is 5.78 Å². The lowest BCUT2D eigenvalue weighted by molar-refractivity contribution is -0.117. The fourth-order valence-electron chi connectivity index (χ4n) is 2.75. The highest BCUT2D eigenvalue weighted by Gasteiger charge is 2.36. The number of Topliss-reactive ketones (excluding diaryl/α,β-unsaturated/α-hetero) is 1. The topological polar surface area (TPSA) is 29.6 Å². The van der Waals surface area contributed by atoms with Crippen molar-refractivity contribution in [2.24, 2.45) is 0 Å².